The predicted octanol–water partition coefficient (Wildman–Crippen LogP) is 3.13. The molecule has 2 saturated heterocycles. The minimum absolute atomic E-state index is 0.0649. The molecule has 0 spiro atoms. The highest BCUT2D eigenvalue weighted by atomic mass is 32.1. The van der Waals surface area contributed by atoms with Crippen LogP contribution in [0, 0.1) is 5.41 Å². The topological polar surface area (TPSA) is 76.6 Å². The summed E-state index contributed by atoms with van der Waals surface area (Å²) in [6.07, 6.45) is 5.82. The van der Waals surface area contributed by atoms with Gasteiger partial charge >= 0.3 is 0 Å². The lowest BCUT2D eigenvalue weighted by Gasteiger charge is -2.42. The van der Waals surface area contributed by atoms with E-state index in [9.17, 15) is 4.79 Å². The number of nitrogens with one attached hydrogen (secondary N) is 1. The van der Waals surface area contributed by atoms with Crippen LogP contribution in [0.4, 0.5) is 0 Å². The quantitative estimate of drug-likeness (QED) is 0.693. The van der Waals surface area contributed by atoms with E-state index < -0.39 is 0 Å². The van der Waals surface area contributed by atoms with Crippen LogP contribution in [0.2, 0.25) is 0 Å². The molecular formula is C22H30N4O3S. The van der Waals surface area contributed by atoms with E-state index >= 15 is 0 Å². The number of para-hydroxylation sites is 1. The number of benzene rings is 1. The molecule has 0 bridgehead atoms. The molecule has 1 amide bonds. The second-order valence-corrected chi connectivity index (χ2v) is 9.12. The number of carbonyl (C=O) groups is 1. The van der Waals surface area contributed by atoms with Crippen molar-refractivity contribution in [1.82, 2.24) is 19.8 Å². The van der Waals surface area contributed by atoms with E-state index in [0.717, 1.165) is 56.3 Å². The molecule has 0 aliphatic carbocycles. The zero-order valence-electron chi connectivity index (χ0n) is 17.3. The van der Waals surface area contributed by atoms with E-state index in [1.54, 1.807) is 0 Å². The molecular weight excluding hydrogens is 400 g/mol. The fourth-order valence-corrected chi connectivity index (χ4v) is 4.83. The summed E-state index contributed by atoms with van der Waals surface area (Å²) in [5.74, 6) is 0.597. The third kappa shape index (κ3) is 5.56. The maximum Gasteiger partial charge on any atom is 0.273 e. The molecule has 2 aliphatic heterocycles. The van der Waals surface area contributed by atoms with Crippen LogP contribution in [0.5, 0.6) is 5.75 Å². The van der Waals surface area contributed by atoms with Gasteiger partial charge in [0, 0.05) is 31.7 Å². The van der Waals surface area contributed by atoms with Crippen molar-refractivity contribution < 1.29 is 14.3 Å². The van der Waals surface area contributed by atoms with E-state index in [0.29, 0.717) is 12.2 Å². The molecule has 162 valence electrons. The van der Waals surface area contributed by atoms with E-state index in [4.69, 9.17) is 9.47 Å². The molecule has 0 radical (unpaired) electrons. The number of amides is 1. The van der Waals surface area contributed by atoms with Crippen molar-refractivity contribution in [2.45, 2.75) is 38.7 Å². The molecule has 3 heterocycles. The molecule has 1 aromatic heterocycles. The third-order valence-corrected chi connectivity index (χ3v) is 6.76. The first-order chi connectivity index (χ1) is 14.7. The van der Waals surface area contributed by atoms with Gasteiger partial charge in [0.25, 0.3) is 5.91 Å². The first-order valence-electron chi connectivity index (χ1n) is 10.8. The molecule has 8 heteroatoms. The highest BCUT2D eigenvalue weighted by molar-refractivity contribution is 7.05. The Balaban J connectivity index is 1.36. The van der Waals surface area contributed by atoms with Gasteiger partial charge in [-0.2, -0.15) is 0 Å². The van der Waals surface area contributed by atoms with Gasteiger partial charge < -0.3 is 19.7 Å². The van der Waals surface area contributed by atoms with Crippen LogP contribution in [0.3, 0.4) is 0 Å². The SMILES string of the molecule is O=C(NCC1(CN2CCCCC2)CCOCC1)c1nnsc1COc1ccccc1. The Labute approximate surface area is 181 Å². The fraction of sp³-hybridized carbons (Fsp3) is 0.591. The minimum Gasteiger partial charge on any atom is -0.488 e. The standard InChI is InChI=1S/C22H30N4O3S/c27-21(20-19(30-25-24-20)15-29-18-7-3-1-4-8-18)23-16-22(9-13-28-14-10-22)17-26-11-5-2-6-12-26/h1,3-4,7-8H,2,5-6,9-17H2,(H,23,27). The van der Waals surface area contributed by atoms with Gasteiger partial charge in [-0.15, -0.1) is 5.10 Å². The Hall–Kier alpha value is -2.03. The zero-order chi connectivity index (χ0) is 20.7. The third-order valence-electron chi connectivity index (χ3n) is 6.07. The molecule has 1 aromatic carbocycles. The summed E-state index contributed by atoms with van der Waals surface area (Å²) in [4.78, 5) is 16.2. The number of hydrogen-bond donors (Lipinski definition) is 1. The van der Waals surface area contributed by atoms with Crippen molar-refractivity contribution in [3.63, 3.8) is 0 Å². The van der Waals surface area contributed by atoms with Crippen LogP contribution < -0.4 is 10.1 Å². The van der Waals surface area contributed by atoms with Crippen molar-refractivity contribution in [1.29, 1.82) is 0 Å². The number of hydrogen-bond acceptors (Lipinski definition) is 7. The molecule has 7 nitrogen and oxygen atoms in total. The molecule has 1 N–H and O–H groups in total. The summed E-state index contributed by atoms with van der Waals surface area (Å²) in [5, 5.41) is 7.22. The van der Waals surface area contributed by atoms with Crippen LogP contribution in [0.1, 0.15) is 47.5 Å². The Morgan fingerprint density at radius 2 is 1.93 bits per heavy atom. The van der Waals surface area contributed by atoms with Gasteiger partial charge in [-0.1, -0.05) is 29.1 Å². The van der Waals surface area contributed by atoms with Crippen molar-refractivity contribution in [2.75, 3.05) is 39.4 Å². The maximum absolute atomic E-state index is 12.9. The summed E-state index contributed by atoms with van der Waals surface area (Å²) in [6.45, 7) is 5.80. The van der Waals surface area contributed by atoms with Crippen LogP contribution in [-0.2, 0) is 11.3 Å². The summed E-state index contributed by atoms with van der Waals surface area (Å²) >= 11 is 1.21. The highest BCUT2D eigenvalue weighted by Gasteiger charge is 2.35. The van der Waals surface area contributed by atoms with Gasteiger partial charge in [0.1, 0.15) is 12.4 Å². The van der Waals surface area contributed by atoms with E-state index in [2.05, 4.69) is 19.8 Å². The fourth-order valence-electron chi connectivity index (χ4n) is 4.28. The normalized spacial score (nSPS) is 19.3. The van der Waals surface area contributed by atoms with Crippen LogP contribution >= 0.6 is 11.5 Å². The lowest BCUT2D eigenvalue weighted by molar-refractivity contribution is -0.00674. The summed E-state index contributed by atoms with van der Waals surface area (Å²) in [7, 11) is 0. The average molecular weight is 431 g/mol. The van der Waals surface area contributed by atoms with E-state index in [-0.39, 0.29) is 17.9 Å². The molecule has 0 atom stereocenters. The van der Waals surface area contributed by atoms with Crippen LogP contribution in [-0.4, -0.2) is 59.8 Å². The highest BCUT2D eigenvalue weighted by Crippen LogP contribution is 2.32. The van der Waals surface area contributed by atoms with Crippen molar-refractivity contribution in [2.24, 2.45) is 5.41 Å². The zero-order valence-corrected chi connectivity index (χ0v) is 18.2. The predicted molar refractivity (Wildman–Crippen MR) is 116 cm³/mol. The minimum atomic E-state index is -0.167. The molecule has 0 unspecified atom stereocenters. The Morgan fingerprint density at radius 1 is 1.17 bits per heavy atom. The largest absolute Gasteiger partial charge is 0.488 e. The first-order valence-corrected chi connectivity index (χ1v) is 11.6. The summed E-state index contributed by atoms with van der Waals surface area (Å²) in [5.41, 5.74) is 0.436. The first kappa shape index (κ1) is 21.2. The number of likely N-dealkylation sites (tertiary alicyclic amines) is 1. The Morgan fingerprint density at radius 3 is 2.70 bits per heavy atom. The smallest absolute Gasteiger partial charge is 0.273 e. The molecule has 2 aliphatic rings. The van der Waals surface area contributed by atoms with Crippen molar-refractivity contribution in [3.05, 3.63) is 40.9 Å². The molecule has 4 rings (SSSR count). The van der Waals surface area contributed by atoms with Gasteiger partial charge in [-0.25, -0.2) is 0 Å². The summed E-state index contributed by atoms with van der Waals surface area (Å²) in [6, 6.07) is 9.57. The average Bonchev–Trinajstić information content (AvgIpc) is 3.27. The van der Waals surface area contributed by atoms with E-state index in [1.165, 1.54) is 30.8 Å². The lowest BCUT2D eigenvalue weighted by atomic mass is 9.79. The molecule has 30 heavy (non-hydrogen) atoms. The monoisotopic (exact) mass is 430 g/mol. The van der Waals surface area contributed by atoms with Gasteiger partial charge in [-0.3, -0.25) is 4.79 Å². The number of aromatic nitrogens is 2. The van der Waals surface area contributed by atoms with Gasteiger partial charge in [0.15, 0.2) is 5.69 Å². The second-order valence-electron chi connectivity index (χ2n) is 8.28. The maximum atomic E-state index is 12.9. The summed E-state index contributed by atoms with van der Waals surface area (Å²) < 4.78 is 15.4. The number of piperidine rings is 1. The number of ether oxygens (including phenoxy) is 2. The molecule has 2 fully saturated rings. The van der Waals surface area contributed by atoms with Crippen molar-refractivity contribution >= 4 is 17.4 Å². The van der Waals surface area contributed by atoms with E-state index in [1.807, 2.05) is 30.3 Å². The lowest BCUT2D eigenvalue weighted by Crippen LogP contribution is -2.49. The number of carbonyl (C=O) groups excluding carboxylic acids is 1. The van der Waals surface area contributed by atoms with Crippen LogP contribution in [0.15, 0.2) is 30.3 Å². The Kier molecular flexibility index (Phi) is 7.30. The van der Waals surface area contributed by atoms with Gasteiger partial charge in [0.05, 0.1) is 4.88 Å². The number of nitrogens with zero attached hydrogens (tertiary/aromatic N) is 3. The van der Waals surface area contributed by atoms with Crippen molar-refractivity contribution in [3.8, 4) is 5.75 Å². The number of rotatable bonds is 8. The molecule has 0 saturated carbocycles. The molecule has 2 aromatic rings. The van der Waals surface area contributed by atoms with Gasteiger partial charge in [0.2, 0.25) is 0 Å². The second kappa shape index (κ2) is 10.3. The van der Waals surface area contributed by atoms with Crippen LogP contribution in [0.25, 0.3) is 0 Å². The Bertz CT molecular complexity index is 802. The van der Waals surface area contributed by atoms with Gasteiger partial charge in [-0.05, 0) is 62.4 Å².